The molecule has 21 heavy (non-hydrogen) atoms. The van der Waals surface area contributed by atoms with Crippen molar-refractivity contribution in [2.45, 2.75) is 18.9 Å². The Labute approximate surface area is 124 Å². The number of amides is 1. The minimum absolute atomic E-state index is 0.00646. The van der Waals surface area contributed by atoms with Gasteiger partial charge in [-0.1, -0.05) is 30.3 Å². The van der Waals surface area contributed by atoms with Crippen LogP contribution in [0.2, 0.25) is 0 Å². The van der Waals surface area contributed by atoms with E-state index in [-0.39, 0.29) is 17.9 Å². The van der Waals surface area contributed by atoms with E-state index in [0.717, 1.165) is 5.69 Å². The summed E-state index contributed by atoms with van der Waals surface area (Å²) in [6, 6.07) is 12.0. The van der Waals surface area contributed by atoms with Crippen molar-refractivity contribution < 1.29 is 4.79 Å². The maximum Gasteiger partial charge on any atom is 0.272 e. The lowest BCUT2D eigenvalue weighted by Gasteiger charge is -2.16. The van der Waals surface area contributed by atoms with Gasteiger partial charge in [0.05, 0.1) is 5.69 Å². The average molecular weight is 284 g/mol. The molecule has 3 rings (SSSR count). The zero-order chi connectivity index (χ0) is 15.0. The van der Waals surface area contributed by atoms with Gasteiger partial charge in [0, 0.05) is 32.1 Å². The molecular weight excluding hydrogens is 264 g/mol. The molecule has 2 heterocycles. The molecule has 2 aromatic rings. The van der Waals surface area contributed by atoms with Crippen LogP contribution in [0.25, 0.3) is 0 Å². The van der Waals surface area contributed by atoms with Gasteiger partial charge in [0.2, 0.25) is 0 Å². The van der Waals surface area contributed by atoms with Crippen molar-refractivity contribution in [2.24, 2.45) is 12.8 Å². The lowest BCUT2D eigenvalue weighted by Crippen LogP contribution is -2.33. The zero-order valence-electron chi connectivity index (χ0n) is 12.4. The van der Waals surface area contributed by atoms with E-state index < -0.39 is 0 Å². The van der Waals surface area contributed by atoms with Gasteiger partial charge in [0.25, 0.3) is 5.91 Å². The van der Waals surface area contributed by atoms with Crippen LogP contribution in [0.1, 0.15) is 27.7 Å². The summed E-state index contributed by atoms with van der Waals surface area (Å²) in [5.41, 5.74) is 8.91. The molecule has 110 valence electrons. The quantitative estimate of drug-likeness (QED) is 0.904. The Balaban J connectivity index is 1.80. The van der Waals surface area contributed by atoms with Crippen molar-refractivity contribution in [1.82, 2.24) is 14.7 Å². The fraction of sp³-hybridized carbons (Fsp3) is 0.375. The molecule has 5 nitrogen and oxygen atoms in total. The number of nitrogens with zero attached hydrogens (tertiary/aromatic N) is 3. The molecule has 1 fully saturated rings. The predicted octanol–water partition coefficient (Wildman–Crippen LogP) is 1.30. The molecule has 0 bridgehead atoms. The van der Waals surface area contributed by atoms with Crippen LogP contribution in [-0.4, -0.2) is 39.7 Å². The molecule has 0 saturated carbocycles. The molecule has 2 N–H and O–H groups in total. The molecule has 1 aromatic carbocycles. The van der Waals surface area contributed by atoms with Gasteiger partial charge in [-0.3, -0.25) is 9.48 Å². The van der Waals surface area contributed by atoms with E-state index in [4.69, 9.17) is 5.73 Å². The van der Waals surface area contributed by atoms with Crippen molar-refractivity contribution in [1.29, 1.82) is 0 Å². The van der Waals surface area contributed by atoms with Crippen LogP contribution in [0.4, 0.5) is 0 Å². The van der Waals surface area contributed by atoms with Crippen LogP contribution in [-0.2, 0) is 7.05 Å². The Morgan fingerprint density at radius 1 is 1.29 bits per heavy atom. The van der Waals surface area contributed by atoms with E-state index >= 15 is 0 Å². The van der Waals surface area contributed by atoms with E-state index in [1.165, 1.54) is 5.56 Å². The fourth-order valence-corrected chi connectivity index (χ4v) is 3.02. The van der Waals surface area contributed by atoms with Gasteiger partial charge >= 0.3 is 0 Å². The monoisotopic (exact) mass is 284 g/mol. The maximum absolute atomic E-state index is 12.6. The second-order valence-electron chi connectivity index (χ2n) is 5.69. The van der Waals surface area contributed by atoms with Crippen LogP contribution >= 0.6 is 0 Å². The van der Waals surface area contributed by atoms with E-state index in [0.29, 0.717) is 18.8 Å². The van der Waals surface area contributed by atoms with Crippen molar-refractivity contribution in [2.75, 3.05) is 13.1 Å². The van der Waals surface area contributed by atoms with Gasteiger partial charge in [-0.2, -0.15) is 5.10 Å². The van der Waals surface area contributed by atoms with Crippen molar-refractivity contribution in [3.05, 3.63) is 53.3 Å². The number of nitrogens with two attached hydrogens (primary N) is 1. The van der Waals surface area contributed by atoms with E-state index in [1.807, 2.05) is 36.1 Å². The molecule has 5 heteroatoms. The zero-order valence-corrected chi connectivity index (χ0v) is 12.4. The van der Waals surface area contributed by atoms with Crippen molar-refractivity contribution >= 4 is 5.91 Å². The van der Waals surface area contributed by atoms with Crippen LogP contribution in [0.5, 0.6) is 0 Å². The molecule has 1 amide bonds. The summed E-state index contributed by atoms with van der Waals surface area (Å²) in [6.07, 6.45) is 0. The third kappa shape index (κ3) is 2.56. The van der Waals surface area contributed by atoms with Gasteiger partial charge in [-0.05, 0) is 18.6 Å². The molecule has 1 aromatic heterocycles. The first kappa shape index (κ1) is 13.8. The normalized spacial score (nSPS) is 21.8. The molecule has 2 atom stereocenters. The Kier molecular flexibility index (Phi) is 3.51. The molecule has 0 aliphatic carbocycles. The van der Waals surface area contributed by atoms with Crippen LogP contribution in [0, 0.1) is 6.92 Å². The number of aromatic nitrogens is 2. The van der Waals surface area contributed by atoms with E-state index in [2.05, 4.69) is 17.2 Å². The van der Waals surface area contributed by atoms with Gasteiger partial charge < -0.3 is 10.6 Å². The van der Waals surface area contributed by atoms with Gasteiger partial charge in [-0.25, -0.2) is 0 Å². The minimum atomic E-state index is -0.0225. The summed E-state index contributed by atoms with van der Waals surface area (Å²) in [5.74, 6) is 0.205. The van der Waals surface area contributed by atoms with Gasteiger partial charge in [0.1, 0.15) is 5.69 Å². The Morgan fingerprint density at radius 2 is 2.00 bits per heavy atom. The Morgan fingerprint density at radius 3 is 2.62 bits per heavy atom. The third-order valence-electron chi connectivity index (χ3n) is 4.10. The predicted molar refractivity (Wildman–Crippen MR) is 81.0 cm³/mol. The molecule has 1 aliphatic rings. The van der Waals surface area contributed by atoms with Crippen LogP contribution in [0.15, 0.2) is 36.4 Å². The molecule has 1 aliphatic heterocycles. The minimum Gasteiger partial charge on any atom is -0.335 e. The van der Waals surface area contributed by atoms with Crippen molar-refractivity contribution in [3.8, 4) is 0 Å². The van der Waals surface area contributed by atoms with Crippen LogP contribution < -0.4 is 5.73 Å². The average Bonchev–Trinajstić information content (AvgIpc) is 3.02. The first-order valence-corrected chi connectivity index (χ1v) is 7.16. The maximum atomic E-state index is 12.6. The second-order valence-corrected chi connectivity index (χ2v) is 5.69. The summed E-state index contributed by atoms with van der Waals surface area (Å²) in [4.78, 5) is 14.4. The van der Waals surface area contributed by atoms with Gasteiger partial charge in [-0.15, -0.1) is 0 Å². The Bertz CT molecular complexity index is 650. The van der Waals surface area contributed by atoms with Gasteiger partial charge in [0.15, 0.2) is 0 Å². The Hall–Kier alpha value is -2.14. The highest BCUT2D eigenvalue weighted by Crippen LogP contribution is 2.27. The van der Waals surface area contributed by atoms with Crippen LogP contribution in [0.3, 0.4) is 0 Å². The van der Waals surface area contributed by atoms with Crippen molar-refractivity contribution in [3.63, 3.8) is 0 Å². The number of benzene rings is 1. The molecule has 1 saturated heterocycles. The summed E-state index contributed by atoms with van der Waals surface area (Å²) in [6.45, 7) is 3.14. The number of aryl methyl sites for hydroxylation is 2. The lowest BCUT2D eigenvalue weighted by atomic mass is 9.95. The highest BCUT2D eigenvalue weighted by molar-refractivity contribution is 5.93. The number of hydrogen-bond donors (Lipinski definition) is 1. The summed E-state index contributed by atoms with van der Waals surface area (Å²) < 4.78 is 1.64. The molecular formula is C16H20N4O. The highest BCUT2D eigenvalue weighted by atomic mass is 16.2. The standard InChI is InChI=1S/C16H20N4O/c1-11-8-15(19(2)18-11)16(21)20-9-13(14(17)10-20)12-6-4-3-5-7-12/h3-8,13-14H,9-10,17H2,1-2H3/t13-,14+/m0/s1. The molecule has 0 unspecified atom stereocenters. The number of likely N-dealkylation sites (tertiary alicyclic amines) is 1. The number of carbonyl (C=O) groups excluding carboxylic acids is 1. The first-order valence-electron chi connectivity index (χ1n) is 7.16. The fourth-order valence-electron chi connectivity index (χ4n) is 3.02. The summed E-state index contributed by atoms with van der Waals surface area (Å²) in [7, 11) is 1.80. The smallest absolute Gasteiger partial charge is 0.272 e. The SMILES string of the molecule is Cc1cc(C(=O)N2C[C@@H](N)[C@H](c3ccccc3)C2)n(C)n1. The number of hydrogen-bond acceptors (Lipinski definition) is 3. The largest absolute Gasteiger partial charge is 0.335 e. The topological polar surface area (TPSA) is 64.2 Å². The summed E-state index contributed by atoms with van der Waals surface area (Å²) in [5, 5.41) is 4.24. The summed E-state index contributed by atoms with van der Waals surface area (Å²) >= 11 is 0. The molecule has 0 spiro atoms. The van der Waals surface area contributed by atoms with E-state index in [1.54, 1.807) is 11.7 Å². The lowest BCUT2D eigenvalue weighted by molar-refractivity contribution is 0.0778. The van der Waals surface area contributed by atoms with E-state index in [9.17, 15) is 4.79 Å². The second kappa shape index (κ2) is 5.33. The number of rotatable bonds is 2. The highest BCUT2D eigenvalue weighted by Gasteiger charge is 2.35. The first-order chi connectivity index (χ1) is 10.1. The third-order valence-corrected chi connectivity index (χ3v) is 4.10. The number of carbonyl (C=O) groups is 1. The molecule has 0 radical (unpaired) electrons.